The van der Waals surface area contributed by atoms with Crippen LogP contribution < -0.4 is 0 Å². The maximum absolute atomic E-state index is 9.85. The number of allylic oxidation sites excluding steroid dienone is 3. The van der Waals surface area contributed by atoms with Crippen LogP contribution in [-0.2, 0) is 0 Å². The van der Waals surface area contributed by atoms with E-state index in [1.54, 1.807) is 11.1 Å². The van der Waals surface area contributed by atoms with Crippen LogP contribution in [0, 0.1) is 23.7 Å². The molecule has 1 N–H and O–H groups in total. The van der Waals surface area contributed by atoms with Crippen molar-refractivity contribution < 1.29 is 5.11 Å². The third-order valence-corrected chi connectivity index (χ3v) is 6.58. The molecule has 0 aliphatic heterocycles. The van der Waals surface area contributed by atoms with E-state index >= 15 is 0 Å². The van der Waals surface area contributed by atoms with Crippen LogP contribution in [-0.4, -0.2) is 11.2 Å². The van der Waals surface area contributed by atoms with Crippen LogP contribution in [0.25, 0.3) is 0 Å². The molecular formula is C18H26O. The first-order valence-electron chi connectivity index (χ1n) is 8.31. The molecule has 0 saturated heterocycles. The van der Waals surface area contributed by atoms with Crippen molar-refractivity contribution in [2.75, 3.05) is 0 Å². The quantitative estimate of drug-likeness (QED) is 0.645. The van der Waals surface area contributed by atoms with Crippen LogP contribution in [0.4, 0.5) is 0 Å². The first-order chi connectivity index (χ1) is 9.24. The topological polar surface area (TPSA) is 20.2 Å². The second-order valence-electron chi connectivity index (χ2n) is 7.35. The predicted molar refractivity (Wildman–Crippen MR) is 77.7 cm³/mol. The van der Waals surface area contributed by atoms with Gasteiger partial charge in [-0.1, -0.05) is 22.8 Å². The zero-order valence-electron chi connectivity index (χ0n) is 12.1. The standard InChI is InChI=1S/C18H26O/c1-11-2-5-16-14(11)8-9-17-15-7-4-13(19)10-12(15)3-6-18(16)17/h10,13,15-19H,2-9H2,1H3/t13-,15-,16+,17+,18-/m0/s1. The largest absolute Gasteiger partial charge is 0.389 e. The van der Waals surface area contributed by atoms with Crippen molar-refractivity contribution in [2.45, 2.75) is 64.4 Å². The summed E-state index contributed by atoms with van der Waals surface area (Å²) >= 11 is 0. The third-order valence-electron chi connectivity index (χ3n) is 6.58. The molecule has 1 heteroatoms. The van der Waals surface area contributed by atoms with Gasteiger partial charge in [-0.2, -0.15) is 0 Å². The molecule has 2 fully saturated rings. The molecule has 0 bridgehead atoms. The third kappa shape index (κ3) is 1.85. The number of hydrogen-bond donors (Lipinski definition) is 1. The number of fused-ring (bicyclic) bond motifs is 5. The zero-order valence-corrected chi connectivity index (χ0v) is 12.1. The Bertz CT molecular complexity index is 445. The fourth-order valence-corrected chi connectivity index (χ4v) is 5.72. The monoisotopic (exact) mass is 258 g/mol. The summed E-state index contributed by atoms with van der Waals surface area (Å²) < 4.78 is 0. The Balaban J connectivity index is 1.62. The van der Waals surface area contributed by atoms with Gasteiger partial charge in [0.05, 0.1) is 6.10 Å². The van der Waals surface area contributed by atoms with E-state index in [0.717, 1.165) is 30.1 Å². The summed E-state index contributed by atoms with van der Waals surface area (Å²) in [6.45, 7) is 2.38. The van der Waals surface area contributed by atoms with Crippen LogP contribution in [0.2, 0.25) is 0 Å². The van der Waals surface area contributed by atoms with Gasteiger partial charge in [0.25, 0.3) is 0 Å². The summed E-state index contributed by atoms with van der Waals surface area (Å²) in [6.07, 6.45) is 12.6. The Hall–Kier alpha value is -0.560. The molecule has 2 saturated carbocycles. The summed E-state index contributed by atoms with van der Waals surface area (Å²) in [5, 5.41) is 9.85. The Morgan fingerprint density at radius 2 is 1.68 bits per heavy atom. The van der Waals surface area contributed by atoms with Gasteiger partial charge in [-0.25, -0.2) is 0 Å². The van der Waals surface area contributed by atoms with Gasteiger partial charge in [0, 0.05) is 0 Å². The first kappa shape index (κ1) is 12.2. The predicted octanol–water partition coefficient (Wildman–Crippen LogP) is 4.23. The number of aliphatic hydroxyl groups is 1. The zero-order chi connectivity index (χ0) is 13.0. The van der Waals surface area contributed by atoms with E-state index in [-0.39, 0.29) is 6.10 Å². The van der Waals surface area contributed by atoms with Crippen LogP contribution in [0.5, 0.6) is 0 Å². The Kier molecular flexibility index (Phi) is 2.88. The van der Waals surface area contributed by atoms with E-state index in [1.165, 1.54) is 44.9 Å². The van der Waals surface area contributed by atoms with Gasteiger partial charge in [-0.3, -0.25) is 0 Å². The molecule has 0 aromatic heterocycles. The highest BCUT2D eigenvalue weighted by Gasteiger charge is 2.45. The van der Waals surface area contributed by atoms with Crippen LogP contribution >= 0.6 is 0 Å². The van der Waals surface area contributed by atoms with Crippen molar-refractivity contribution in [3.63, 3.8) is 0 Å². The maximum atomic E-state index is 9.85. The number of hydrogen-bond acceptors (Lipinski definition) is 1. The van der Waals surface area contributed by atoms with Crippen molar-refractivity contribution >= 4 is 0 Å². The van der Waals surface area contributed by atoms with Gasteiger partial charge in [-0.15, -0.1) is 0 Å². The van der Waals surface area contributed by atoms with E-state index in [2.05, 4.69) is 13.0 Å². The van der Waals surface area contributed by atoms with Crippen molar-refractivity contribution in [3.05, 3.63) is 22.8 Å². The fraction of sp³-hybridized carbons (Fsp3) is 0.778. The van der Waals surface area contributed by atoms with Crippen molar-refractivity contribution in [3.8, 4) is 0 Å². The molecule has 104 valence electrons. The molecule has 4 rings (SSSR count). The van der Waals surface area contributed by atoms with Gasteiger partial charge < -0.3 is 5.11 Å². The van der Waals surface area contributed by atoms with Crippen molar-refractivity contribution in [2.24, 2.45) is 23.7 Å². The lowest BCUT2D eigenvalue weighted by atomic mass is 9.57. The summed E-state index contributed by atoms with van der Waals surface area (Å²) in [4.78, 5) is 0. The SMILES string of the molecule is CC1=C2CC[C@H]3[C@@H](CCC4=C[C@@H](O)CC[C@@H]43)[C@@H]2CC1. The Labute approximate surface area is 116 Å². The van der Waals surface area contributed by atoms with E-state index in [0.29, 0.717) is 0 Å². The minimum absolute atomic E-state index is 0.143. The van der Waals surface area contributed by atoms with Crippen LogP contribution in [0.1, 0.15) is 58.3 Å². The molecule has 0 aromatic rings. The molecule has 4 aliphatic rings. The lowest BCUT2D eigenvalue weighted by Crippen LogP contribution is -2.39. The first-order valence-corrected chi connectivity index (χ1v) is 8.31. The normalized spacial score (nSPS) is 45.4. The maximum Gasteiger partial charge on any atom is 0.0723 e. The lowest BCUT2D eigenvalue weighted by Gasteiger charge is -2.48. The smallest absolute Gasteiger partial charge is 0.0723 e. The van der Waals surface area contributed by atoms with Crippen LogP contribution in [0.15, 0.2) is 22.8 Å². The highest BCUT2D eigenvalue weighted by atomic mass is 16.3. The molecule has 0 amide bonds. The van der Waals surface area contributed by atoms with E-state index < -0.39 is 0 Å². The minimum Gasteiger partial charge on any atom is -0.389 e. The van der Waals surface area contributed by atoms with Crippen molar-refractivity contribution in [1.82, 2.24) is 0 Å². The second-order valence-corrected chi connectivity index (χ2v) is 7.35. The molecule has 5 atom stereocenters. The lowest BCUT2D eigenvalue weighted by molar-refractivity contribution is 0.0899. The summed E-state index contributed by atoms with van der Waals surface area (Å²) in [5.41, 5.74) is 5.19. The summed E-state index contributed by atoms with van der Waals surface area (Å²) in [7, 11) is 0. The number of aliphatic hydroxyl groups excluding tert-OH is 1. The highest BCUT2D eigenvalue weighted by molar-refractivity contribution is 5.28. The van der Waals surface area contributed by atoms with E-state index in [4.69, 9.17) is 0 Å². The molecule has 0 spiro atoms. The fourth-order valence-electron chi connectivity index (χ4n) is 5.72. The minimum atomic E-state index is -0.143. The molecular weight excluding hydrogens is 232 g/mol. The van der Waals surface area contributed by atoms with Gasteiger partial charge in [0.2, 0.25) is 0 Å². The molecule has 0 radical (unpaired) electrons. The Morgan fingerprint density at radius 1 is 0.895 bits per heavy atom. The molecule has 0 unspecified atom stereocenters. The van der Waals surface area contributed by atoms with Gasteiger partial charge in [0.1, 0.15) is 0 Å². The van der Waals surface area contributed by atoms with Gasteiger partial charge >= 0.3 is 0 Å². The highest BCUT2D eigenvalue weighted by Crippen LogP contribution is 2.56. The van der Waals surface area contributed by atoms with Crippen LogP contribution in [0.3, 0.4) is 0 Å². The average molecular weight is 258 g/mol. The average Bonchev–Trinajstić information content (AvgIpc) is 2.80. The second kappa shape index (κ2) is 4.48. The van der Waals surface area contributed by atoms with E-state index in [9.17, 15) is 5.11 Å². The van der Waals surface area contributed by atoms with Gasteiger partial charge in [0.15, 0.2) is 0 Å². The van der Waals surface area contributed by atoms with E-state index in [1.807, 2.05) is 5.57 Å². The Morgan fingerprint density at radius 3 is 2.58 bits per heavy atom. The number of rotatable bonds is 0. The van der Waals surface area contributed by atoms with Crippen molar-refractivity contribution in [1.29, 1.82) is 0 Å². The summed E-state index contributed by atoms with van der Waals surface area (Å²) in [6, 6.07) is 0. The molecule has 0 aromatic carbocycles. The van der Waals surface area contributed by atoms with Gasteiger partial charge in [-0.05, 0) is 82.0 Å². The summed E-state index contributed by atoms with van der Waals surface area (Å²) in [5.74, 6) is 3.67. The molecule has 1 nitrogen and oxygen atoms in total. The molecule has 19 heavy (non-hydrogen) atoms. The molecule has 4 aliphatic carbocycles. The molecule has 0 heterocycles.